The maximum atomic E-state index is 14.9. The standard InChI is InChI=1S/C40H51N3O7/c1-7-9-17-32(45)41(6)28(5)35(29-15-11-10-12-16-29)49-39(48)33-31-20-21-40(50-31)34(33)37(46)43(23-13-14-24-44)36(40)38(47)42(22-8-2)30-25-26(3)18-19-27(30)4/h7-8,10-12,15-16,18-19,25,28,31,33-36,44H,1-2,9,13-14,17,20-24H2,3-6H3/t28-,31+,33-,34-,35+,36+,40-/m0/s1. The van der Waals surface area contributed by atoms with E-state index in [0.29, 0.717) is 32.1 Å². The fourth-order valence-electron chi connectivity index (χ4n) is 8.05. The van der Waals surface area contributed by atoms with Crippen LogP contribution in [0.25, 0.3) is 0 Å². The van der Waals surface area contributed by atoms with Crippen molar-refractivity contribution in [3.63, 3.8) is 0 Å². The predicted molar refractivity (Wildman–Crippen MR) is 191 cm³/mol. The third-order valence-electron chi connectivity index (χ3n) is 10.7. The van der Waals surface area contributed by atoms with Crippen LogP contribution in [0.15, 0.2) is 73.8 Å². The number of fused-ring (bicyclic) bond motifs is 1. The van der Waals surface area contributed by atoms with Crippen molar-refractivity contribution in [2.24, 2.45) is 11.8 Å². The molecule has 2 bridgehead atoms. The van der Waals surface area contributed by atoms with E-state index in [1.54, 1.807) is 33.9 Å². The molecule has 1 N–H and O–H groups in total. The fourth-order valence-corrected chi connectivity index (χ4v) is 8.05. The molecule has 0 aliphatic carbocycles. The van der Waals surface area contributed by atoms with Gasteiger partial charge in [0.05, 0.1) is 24.0 Å². The topological polar surface area (TPSA) is 117 Å². The average Bonchev–Trinajstić information content (AvgIpc) is 3.76. The van der Waals surface area contributed by atoms with Gasteiger partial charge in [-0.25, -0.2) is 0 Å². The molecular weight excluding hydrogens is 634 g/mol. The number of aliphatic hydroxyl groups is 1. The van der Waals surface area contributed by atoms with Crippen molar-refractivity contribution in [3.8, 4) is 0 Å². The number of anilines is 1. The predicted octanol–water partition coefficient (Wildman–Crippen LogP) is 5.07. The Balaban J connectivity index is 1.50. The number of likely N-dealkylation sites (N-methyl/N-ethyl adjacent to an activating group) is 1. The number of likely N-dealkylation sites (tertiary alicyclic amines) is 1. The van der Waals surface area contributed by atoms with Gasteiger partial charge in [-0.2, -0.15) is 0 Å². The first-order valence-electron chi connectivity index (χ1n) is 17.7. The molecule has 5 rings (SSSR count). The number of unbranched alkanes of at least 4 members (excludes halogenated alkanes) is 1. The van der Waals surface area contributed by atoms with Gasteiger partial charge in [0.25, 0.3) is 5.91 Å². The summed E-state index contributed by atoms with van der Waals surface area (Å²) in [6.45, 7) is 13.8. The second kappa shape index (κ2) is 15.7. The Morgan fingerprint density at radius 2 is 1.86 bits per heavy atom. The molecule has 268 valence electrons. The van der Waals surface area contributed by atoms with E-state index in [-0.39, 0.29) is 43.8 Å². The molecule has 3 fully saturated rings. The first-order chi connectivity index (χ1) is 24.0. The van der Waals surface area contributed by atoms with Crippen LogP contribution >= 0.6 is 0 Å². The number of aliphatic hydroxyl groups excluding tert-OH is 1. The first kappa shape index (κ1) is 37.0. The van der Waals surface area contributed by atoms with Crippen molar-refractivity contribution in [3.05, 3.63) is 90.5 Å². The molecule has 10 nitrogen and oxygen atoms in total. The lowest BCUT2D eigenvalue weighted by Crippen LogP contribution is -2.56. The van der Waals surface area contributed by atoms with E-state index in [1.807, 2.05) is 69.3 Å². The third-order valence-corrected chi connectivity index (χ3v) is 10.7. The quantitative estimate of drug-likeness (QED) is 0.149. The van der Waals surface area contributed by atoms with Gasteiger partial charge in [0, 0.05) is 38.9 Å². The largest absolute Gasteiger partial charge is 0.455 e. The van der Waals surface area contributed by atoms with Crippen LogP contribution in [0.3, 0.4) is 0 Å². The molecule has 3 aliphatic rings. The third kappa shape index (κ3) is 6.88. The van der Waals surface area contributed by atoms with Crippen LogP contribution in [0.5, 0.6) is 0 Å². The number of esters is 1. The van der Waals surface area contributed by atoms with Crippen LogP contribution in [0.2, 0.25) is 0 Å². The molecule has 2 aromatic carbocycles. The number of ether oxygens (including phenoxy) is 2. The number of rotatable bonds is 16. The van der Waals surface area contributed by atoms with Crippen LogP contribution in [-0.4, -0.2) is 89.1 Å². The number of amides is 3. The average molecular weight is 686 g/mol. The lowest BCUT2D eigenvalue weighted by atomic mass is 9.70. The Morgan fingerprint density at radius 1 is 1.12 bits per heavy atom. The van der Waals surface area contributed by atoms with E-state index in [2.05, 4.69) is 13.2 Å². The van der Waals surface area contributed by atoms with Crippen molar-refractivity contribution in [1.82, 2.24) is 9.80 Å². The Bertz CT molecular complexity index is 1590. The second-order valence-electron chi connectivity index (χ2n) is 13.9. The Hall–Kier alpha value is -4.28. The highest BCUT2D eigenvalue weighted by atomic mass is 16.6. The second-order valence-corrected chi connectivity index (χ2v) is 13.9. The number of benzene rings is 2. The Morgan fingerprint density at radius 3 is 2.54 bits per heavy atom. The lowest BCUT2D eigenvalue weighted by molar-refractivity contribution is -0.164. The van der Waals surface area contributed by atoms with E-state index >= 15 is 0 Å². The summed E-state index contributed by atoms with van der Waals surface area (Å²) in [7, 11) is 1.70. The normalized spacial score (nSPS) is 24.7. The van der Waals surface area contributed by atoms with E-state index in [9.17, 15) is 24.3 Å². The maximum Gasteiger partial charge on any atom is 0.313 e. The number of carbonyl (C=O) groups excluding carboxylic acids is 4. The molecule has 50 heavy (non-hydrogen) atoms. The van der Waals surface area contributed by atoms with E-state index in [0.717, 1.165) is 22.4 Å². The van der Waals surface area contributed by atoms with E-state index < -0.39 is 47.7 Å². The molecule has 3 aliphatic heterocycles. The molecular formula is C40H51N3O7. The number of allylic oxidation sites excluding steroid dienone is 1. The van der Waals surface area contributed by atoms with Gasteiger partial charge in [0.2, 0.25) is 11.8 Å². The van der Waals surface area contributed by atoms with Gasteiger partial charge in [-0.3, -0.25) is 19.2 Å². The van der Waals surface area contributed by atoms with E-state index in [4.69, 9.17) is 9.47 Å². The molecule has 7 atom stereocenters. The molecule has 1 spiro atoms. The zero-order chi connectivity index (χ0) is 36.2. The molecule has 10 heteroatoms. The van der Waals surface area contributed by atoms with Crippen molar-refractivity contribution < 1.29 is 33.8 Å². The number of nitrogens with zero attached hydrogens (tertiary/aromatic N) is 3. The zero-order valence-corrected chi connectivity index (χ0v) is 29.8. The van der Waals surface area contributed by atoms with Crippen molar-refractivity contribution in [2.75, 3.05) is 31.6 Å². The SMILES string of the molecule is C=CCCC(=O)N(C)[C@@H](C)[C@@H](OC(=O)[C@@H]1[C@H]2C(=O)N(CCCCO)[C@H](C(=O)N(CC=C)c3cc(C)ccc3C)[C@]23CC[C@H]1O3)c1ccccc1. The van der Waals surface area contributed by atoms with Crippen LogP contribution in [0.1, 0.15) is 68.2 Å². The van der Waals surface area contributed by atoms with Gasteiger partial charge >= 0.3 is 5.97 Å². The monoisotopic (exact) mass is 685 g/mol. The van der Waals surface area contributed by atoms with Gasteiger partial charge < -0.3 is 29.3 Å². The van der Waals surface area contributed by atoms with Crippen LogP contribution < -0.4 is 4.90 Å². The Labute approximate surface area is 295 Å². The molecule has 0 aromatic heterocycles. The summed E-state index contributed by atoms with van der Waals surface area (Å²) < 4.78 is 13.0. The van der Waals surface area contributed by atoms with Crippen molar-refractivity contribution in [2.45, 2.75) is 89.2 Å². The highest BCUT2D eigenvalue weighted by Gasteiger charge is 2.75. The summed E-state index contributed by atoms with van der Waals surface area (Å²) in [6, 6.07) is 13.7. The summed E-state index contributed by atoms with van der Waals surface area (Å²) in [5, 5.41) is 9.56. The van der Waals surface area contributed by atoms with Gasteiger partial charge in [-0.15, -0.1) is 13.2 Å². The summed E-state index contributed by atoms with van der Waals surface area (Å²) in [5.41, 5.74) is 2.13. The summed E-state index contributed by atoms with van der Waals surface area (Å²) in [4.78, 5) is 61.7. The molecule has 3 heterocycles. The van der Waals surface area contributed by atoms with Gasteiger partial charge in [0.1, 0.15) is 17.7 Å². The smallest absolute Gasteiger partial charge is 0.313 e. The first-order valence-corrected chi connectivity index (χ1v) is 17.7. The van der Waals surface area contributed by atoms with Crippen molar-refractivity contribution in [1.29, 1.82) is 0 Å². The molecule has 3 amide bonds. The maximum absolute atomic E-state index is 14.9. The molecule has 0 unspecified atom stereocenters. The fraction of sp³-hybridized carbons (Fsp3) is 0.500. The molecule has 0 saturated carbocycles. The minimum atomic E-state index is -1.22. The molecule has 0 radical (unpaired) electrons. The minimum Gasteiger partial charge on any atom is -0.455 e. The lowest BCUT2D eigenvalue weighted by Gasteiger charge is -2.37. The molecule has 3 saturated heterocycles. The number of aryl methyl sites for hydroxylation is 2. The van der Waals surface area contributed by atoms with Crippen LogP contribution in [-0.2, 0) is 28.7 Å². The van der Waals surface area contributed by atoms with Crippen LogP contribution in [0, 0.1) is 25.7 Å². The number of hydrogen-bond acceptors (Lipinski definition) is 7. The molecule has 2 aromatic rings. The summed E-state index contributed by atoms with van der Waals surface area (Å²) in [5.74, 6) is -3.13. The van der Waals surface area contributed by atoms with E-state index in [1.165, 1.54) is 0 Å². The van der Waals surface area contributed by atoms with Gasteiger partial charge in [-0.05, 0) is 75.6 Å². The van der Waals surface area contributed by atoms with Crippen molar-refractivity contribution >= 4 is 29.4 Å². The van der Waals surface area contributed by atoms with Crippen LogP contribution in [0.4, 0.5) is 5.69 Å². The highest BCUT2D eigenvalue weighted by molar-refractivity contribution is 6.05. The minimum absolute atomic E-state index is 0.0442. The summed E-state index contributed by atoms with van der Waals surface area (Å²) in [6.07, 6.45) is 4.64. The van der Waals surface area contributed by atoms with Gasteiger partial charge in [-0.1, -0.05) is 54.6 Å². The van der Waals surface area contributed by atoms with Gasteiger partial charge in [0.15, 0.2) is 0 Å². The summed E-state index contributed by atoms with van der Waals surface area (Å²) >= 11 is 0. The Kier molecular flexibility index (Phi) is 11.6. The highest BCUT2D eigenvalue weighted by Crippen LogP contribution is 2.59. The number of carbonyl (C=O) groups is 4. The zero-order valence-electron chi connectivity index (χ0n) is 29.8. The number of hydrogen-bond donors (Lipinski definition) is 1.